The Morgan fingerprint density at radius 3 is 2.17 bits per heavy atom. The molecule has 1 N–H and O–H groups in total. The van der Waals surface area contributed by atoms with Gasteiger partial charge in [-0.1, -0.05) is 42.5 Å². The Kier molecular flexibility index (Phi) is 6.49. The molecule has 2 amide bonds. The van der Waals surface area contributed by atoms with Crippen LogP contribution in [0.25, 0.3) is 11.0 Å². The van der Waals surface area contributed by atoms with Crippen LogP contribution in [0.5, 0.6) is 0 Å². The molecule has 0 aliphatic heterocycles. The molecule has 7 nitrogen and oxygen atoms in total. The van der Waals surface area contributed by atoms with Gasteiger partial charge in [0, 0.05) is 19.6 Å². The van der Waals surface area contributed by atoms with Gasteiger partial charge in [0.2, 0.25) is 11.8 Å². The van der Waals surface area contributed by atoms with Gasteiger partial charge in [-0.05, 0) is 31.5 Å². The lowest BCUT2D eigenvalue weighted by atomic mass is 10.2. The second-order valence-corrected chi connectivity index (χ2v) is 6.77. The monoisotopic (exact) mass is 394 g/mol. The number of rotatable bonds is 8. The van der Waals surface area contributed by atoms with E-state index in [2.05, 4.69) is 5.32 Å². The zero-order valence-corrected chi connectivity index (χ0v) is 16.8. The van der Waals surface area contributed by atoms with Crippen LogP contribution in [0.15, 0.2) is 59.4 Å². The van der Waals surface area contributed by atoms with Crippen molar-refractivity contribution in [3.8, 4) is 0 Å². The SMILES string of the molecule is CCN(Cc1ccccc1)C(=O)CNC(=O)Cn1c(=O)n(CC)c2ccccc21. The first-order chi connectivity index (χ1) is 14.0. The summed E-state index contributed by atoms with van der Waals surface area (Å²) >= 11 is 0. The van der Waals surface area contributed by atoms with Crippen molar-refractivity contribution in [3.05, 3.63) is 70.6 Å². The predicted octanol–water partition coefficient (Wildman–Crippen LogP) is 1.99. The number of para-hydroxylation sites is 2. The number of nitrogens with zero attached hydrogens (tertiary/aromatic N) is 3. The van der Waals surface area contributed by atoms with Crippen LogP contribution in [0.1, 0.15) is 19.4 Å². The van der Waals surface area contributed by atoms with Crippen LogP contribution in [0.4, 0.5) is 0 Å². The first kappa shape index (κ1) is 20.4. The van der Waals surface area contributed by atoms with E-state index >= 15 is 0 Å². The Hall–Kier alpha value is -3.35. The van der Waals surface area contributed by atoms with Gasteiger partial charge >= 0.3 is 5.69 Å². The Balaban J connectivity index is 1.64. The minimum atomic E-state index is -0.366. The third kappa shape index (κ3) is 4.56. The summed E-state index contributed by atoms with van der Waals surface area (Å²) in [6, 6.07) is 17.1. The largest absolute Gasteiger partial charge is 0.345 e. The molecule has 0 fully saturated rings. The molecule has 1 aromatic heterocycles. The number of hydrogen-bond donors (Lipinski definition) is 1. The lowest BCUT2D eigenvalue weighted by Crippen LogP contribution is -2.41. The molecule has 29 heavy (non-hydrogen) atoms. The number of likely N-dealkylation sites (N-methyl/N-ethyl adjacent to an activating group) is 1. The molecule has 0 radical (unpaired) electrons. The van der Waals surface area contributed by atoms with E-state index in [9.17, 15) is 14.4 Å². The van der Waals surface area contributed by atoms with Crippen molar-refractivity contribution in [2.24, 2.45) is 0 Å². The van der Waals surface area contributed by atoms with Crippen LogP contribution < -0.4 is 11.0 Å². The molecule has 1 heterocycles. The number of fused-ring (bicyclic) bond motifs is 1. The quantitative estimate of drug-likeness (QED) is 0.635. The molecule has 0 saturated heterocycles. The second kappa shape index (κ2) is 9.23. The summed E-state index contributed by atoms with van der Waals surface area (Å²) in [5.41, 5.74) is 2.31. The molecule has 0 unspecified atom stereocenters. The van der Waals surface area contributed by atoms with Crippen LogP contribution in [0, 0.1) is 0 Å². The molecule has 0 spiro atoms. The van der Waals surface area contributed by atoms with E-state index in [4.69, 9.17) is 0 Å². The van der Waals surface area contributed by atoms with E-state index < -0.39 is 0 Å². The standard InChI is InChI=1S/C22H26N4O3/c1-3-24(15-17-10-6-5-7-11-17)21(28)14-23-20(27)16-26-19-13-9-8-12-18(19)25(4-2)22(26)29/h5-13H,3-4,14-16H2,1-2H3,(H,23,27). The van der Waals surface area contributed by atoms with Crippen LogP contribution in [-0.2, 0) is 29.2 Å². The van der Waals surface area contributed by atoms with Crippen molar-refractivity contribution in [2.75, 3.05) is 13.1 Å². The van der Waals surface area contributed by atoms with Crippen molar-refractivity contribution in [3.63, 3.8) is 0 Å². The summed E-state index contributed by atoms with van der Waals surface area (Å²) in [4.78, 5) is 39.2. The van der Waals surface area contributed by atoms with Crippen molar-refractivity contribution in [2.45, 2.75) is 33.5 Å². The number of benzene rings is 2. The minimum absolute atomic E-state index is 0.0966. The zero-order valence-electron chi connectivity index (χ0n) is 16.8. The van der Waals surface area contributed by atoms with Gasteiger partial charge in [0.15, 0.2) is 0 Å². The van der Waals surface area contributed by atoms with Crippen molar-refractivity contribution < 1.29 is 9.59 Å². The number of aromatic nitrogens is 2. The molecular formula is C22H26N4O3. The molecule has 7 heteroatoms. The maximum Gasteiger partial charge on any atom is 0.329 e. The molecule has 0 atom stereocenters. The Labute approximate surface area is 169 Å². The average molecular weight is 394 g/mol. The van der Waals surface area contributed by atoms with Crippen LogP contribution in [0.3, 0.4) is 0 Å². The number of amides is 2. The van der Waals surface area contributed by atoms with Gasteiger partial charge in [-0.15, -0.1) is 0 Å². The van der Waals surface area contributed by atoms with Gasteiger partial charge in [-0.2, -0.15) is 0 Å². The number of nitrogens with one attached hydrogen (secondary N) is 1. The van der Waals surface area contributed by atoms with Crippen LogP contribution >= 0.6 is 0 Å². The maximum absolute atomic E-state index is 12.6. The highest BCUT2D eigenvalue weighted by Crippen LogP contribution is 2.12. The second-order valence-electron chi connectivity index (χ2n) is 6.77. The summed E-state index contributed by atoms with van der Waals surface area (Å²) in [6.45, 7) is 5.15. The fourth-order valence-corrected chi connectivity index (χ4v) is 3.40. The van der Waals surface area contributed by atoms with Crippen molar-refractivity contribution in [1.29, 1.82) is 0 Å². The highest BCUT2D eigenvalue weighted by Gasteiger charge is 2.16. The summed E-state index contributed by atoms with van der Waals surface area (Å²) in [6.07, 6.45) is 0. The summed E-state index contributed by atoms with van der Waals surface area (Å²) in [5.74, 6) is -0.525. The first-order valence-electron chi connectivity index (χ1n) is 9.81. The topological polar surface area (TPSA) is 76.3 Å². The average Bonchev–Trinajstić information content (AvgIpc) is 3.01. The summed E-state index contributed by atoms with van der Waals surface area (Å²) < 4.78 is 3.08. The number of carbonyl (C=O) groups is 2. The molecule has 2 aromatic carbocycles. The maximum atomic E-state index is 12.6. The Morgan fingerprint density at radius 2 is 1.55 bits per heavy atom. The van der Waals surface area contributed by atoms with E-state index in [0.29, 0.717) is 25.2 Å². The van der Waals surface area contributed by atoms with Gasteiger partial charge in [-0.25, -0.2) is 4.79 Å². The molecule has 0 bridgehead atoms. The molecule has 3 aromatic rings. The van der Waals surface area contributed by atoms with E-state index in [1.165, 1.54) is 4.57 Å². The van der Waals surface area contributed by atoms with Gasteiger partial charge in [0.05, 0.1) is 17.6 Å². The molecule has 0 aliphatic rings. The first-order valence-corrected chi connectivity index (χ1v) is 9.81. The molecule has 0 aliphatic carbocycles. The fraction of sp³-hybridized carbons (Fsp3) is 0.318. The highest BCUT2D eigenvalue weighted by atomic mass is 16.2. The van der Waals surface area contributed by atoms with Crippen molar-refractivity contribution >= 4 is 22.8 Å². The minimum Gasteiger partial charge on any atom is -0.345 e. The van der Waals surface area contributed by atoms with Crippen LogP contribution in [-0.4, -0.2) is 38.9 Å². The van der Waals surface area contributed by atoms with E-state index in [1.807, 2.05) is 68.4 Å². The van der Waals surface area contributed by atoms with Gasteiger partial charge in [-0.3, -0.25) is 18.7 Å². The molecular weight excluding hydrogens is 368 g/mol. The van der Waals surface area contributed by atoms with E-state index in [1.54, 1.807) is 9.47 Å². The highest BCUT2D eigenvalue weighted by molar-refractivity contribution is 5.85. The Bertz CT molecular complexity index is 1050. The van der Waals surface area contributed by atoms with Gasteiger partial charge < -0.3 is 10.2 Å². The van der Waals surface area contributed by atoms with Crippen LogP contribution in [0.2, 0.25) is 0 Å². The predicted molar refractivity (Wildman–Crippen MR) is 112 cm³/mol. The zero-order chi connectivity index (χ0) is 20.8. The number of carbonyl (C=O) groups excluding carboxylic acids is 2. The van der Waals surface area contributed by atoms with E-state index in [-0.39, 0.29) is 30.6 Å². The number of aryl methyl sites for hydroxylation is 1. The fourth-order valence-electron chi connectivity index (χ4n) is 3.40. The van der Waals surface area contributed by atoms with Gasteiger partial charge in [0.1, 0.15) is 6.54 Å². The third-order valence-electron chi connectivity index (χ3n) is 4.93. The summed E-state index contributed by atoms with van der Waals surface area (Å²) in [7, 11) is 0. The molecule has 3 rings (SSSR count). The molecule has 152 valence electrons. The lowest BCUT2D eigenvalue weighted by molar-refractivity contribution is -0.133. The summed E-state index contributed by atoms with van der Waals surface area (Å²) in [5, 5.41) is 2.65. The Morgan fingerprint density at radius 1 is 0.931 bits per heavy atom. The lowest BCUT2D eigenvalue weighted by Gasteiger charge is -2.21. The normalized spacial score (nSPS) is 10.8. The van der Waals surface area contributed by atoms with E-state index in [0.717, 1.165) is 11.1 Å². The molecule has 0 saturated carbocycles. The van der Waals surface area contributed by atoms with Gasteiger partial charge in [0.25, 0.3) is 0 Å². The number of hydrogen-bond acceptors (Lipinski definition) is 3. The number of imidazole rings is 1. The van der Waals surface area contributed by atoms with Crippen molar-refractivity contribution in [1.82, 2.24) is 19.4 Å². The smallest absolute Gasteiger partial charge is 0.329 e. The third-order valence-corrected chi connectivity index (χ3v) is 4.93.